The molecule has 0 spiro atoms. The number of halogens is 1. The molecule has 1 aliphatic rings. The fourth-order valence-corrected chi connectivity index (χ4v) is 4.47. The van der Waals surface area contributed by atoms with Crippen molar-refractivity contribution >= 4 is 29.2 Å². The number of esters is 1. The maximum atomic E-state index is 12.6. The van der Waals surface area contributed by atoms with Crippen LogP contribution in [-0.2, 0) is 16.0 Å². The zero-order chi connectivity index (χ0) is 25.0. The number of nitrogens with one attached hydrogen (secondary N) is 2. The highest BCUT2D eigenvalue weighted by atomic mass is 35.5. The number of benzene rings is 2. The summed E-state index contributed by atoms with van der Waals surface area (Å²) in [7, 11) is 0. The van der Waals surface area contributed by atoms with Gasteiger partial charge in [-0.1, -0.05) is 36.7 Å². The summed E-state index contributed by atoms with van der Waals surface area (Å²) in [5.74, 6) is -0.0000859. The minimum atomic E-state index is -0.770. The van der Waals surface area contributed by atoms with Crippen LogP contribution < -0.4 is 15.4 Å². The zero-order valence-corrected chi connectivity index (χ0v) is 21.3. The summed E-state index contributed by atoms with van der Waals surface area (Å²) in [6, 6.07) is 10.9. The maximum absolute atomic E-state index is 12.6. The Kier molecular flexibility index (Phi) is 8.39. The van der Waals surface area contributed by atoms with Gasteiger partial charge in [-0.3, -0.25) is 9.59 Å². The summed E-state index contributed by atoms with van der Waals surface area (Å²) in [5, 5.41) is 18.0. The SMILES string of the molecule is CC(CCC(=O)Oc1ccc(C(O)C(C)NC(C)(C)C)c2c1NC(=O)CC2)c1ccc(Cl)cc1. The standard InChI is InChI=1S/C27H35ClN2O4/c1-16(18-7-9-19(28)10-8-18)6-15-24(32)34-22-13-11-21(20-12-14-23(31)29-25(20)22)26(33)17(2)30-27(3,4)5/h7-11,13,16-17,26,30,33H,6,12,14-15H2,1-5H3,(H,29,31). The van der Waals surface area contributed by atoms with E-state index in [0.29, 0.717) is 35.7 Å². The quantitative estimate of drug-likeness (QED) is 0.337. The van der Waals surface area contributed by atoms with E-state index in [1.54, 1.807) is 12.1 Å². The molecule has 0 fully saturated rings. The molecule has 3 unspecified atom stereocenters. The second-order valence-corrected chi connectivity index (χ2v) is 10.6. The molecule has 0 aliphatic carbocycles. The van der Waals surface area contributed by atoms with Gasteiger partial charge < -0.3 is 20.5 Å². The van der Waals surface area contributed by atoms with E-state index in [9.17, 15) is 14.7 Å². The highest BCUT2D eigenvalue weighted by molar-refractivity contribution is 6.30. The van der Waals surface area contributed by atoms with E-state index >= 15 is 0 Å². The number of carbonyl (C=O) groups excluding carboxylic acids is 2. The first-order valence-electron chi connectivity index (χ1n) is 11.8. The molecular formula is C27H35ClN2O4. The molecule has 0 radical (unpaired) electrons. The lowest BCUT2D eigenvalue weighted by Crippen LogP contribution is -2.45. The third kappa shape index (κ3) is 6.81. The Bertz CT molecular complexity index is 1030. The predicted octanol–water partition coefficient (Wildman–Crippen LogP) is 5.52. The van der Waals surface area contributed by atoms with Crippen LogP contribution in [0, 0.1) is 0 Å². The second kappa shape index (κ2) is 10.9. The fourth-order valence-electron chi connectivity index (χ4n) is 4.35. The third-order valence-corrected chi connectivity index (χ3v) is 6.33. The first kappa shape index (κ1) is 26.2. The summed E-state index contributed by atoms with van der Waals surface area (Å²) >= 11 is 5.96. The van der Waals surface area contributed by atoms with E-state index in [-0.39, 0.29) is 35.8 Å². The van der Waals surface area contributed by atoms with Crippen molar-refractivity contribution in [3.63, 3.8) is 0 Å². The van der Waals surface area contributed by atoms with Crippen molar-refractivity contribution in [2.45, 2.75) is 83.9 Å². The van der Waals surface area contributed by atoms with Crippen LogP contribution in [-0.4, -0.2) is 28.6 Å². The molecule has 184 valence electrons. The summed E-state index contributed by atoms with van der Waals surface area (Å²) in [6.07, 6.45) is 0.900. The molecule has 6 nitrogen and oxygen atoms in total. The Morgan fingerprint density at radius 2 is 1.82 bits per heavy atom. The lowest BCUT2D eigenvalue weighted by molar-refractivity contribution is -0.134. The molecule has 0 bridgehead atoms. The number of aliphatic hydroxyl groups excluding tert-OH is 1. The van der Waals surface area contributed by atoms with E-state index in [2.05, 4.69) is 17.6 Å². The Morgan fingerprint density at radius 3 is 2.47 bits per heavy atom. The molecular weight excluding hydrogens is 452 g/mol. The Labute approximate surface area is 207 Å². The number of fused-ring (bicyclic) bond motifs is 1. The van der Waals surface area contributed by atoms with Gasteiger partial charge in [-0.2, -0.15) is 0 Å². The van der Waals surface area contributed by atoms with Crippen LogP contribution >= 0.6 is 11.6 Å². The molecule has 0 saturated carbocycles. The number of hydrogen-bond acceptors (Lipinski definition) is 5. The average molecular weight is 487 g/mol. The van der Waals surface area contributed by atoms with Gasteiger partial charge in [0.25, 0.3) is 0 Å². The molecule has 0 saturated heterocycles. The van der Waals surface area contributed by atoms with Crippen LogP contribution in [0.1, 0.15) is 82.6 Å². The van der Waals surface area contributed by atoms with E-state index in [1.807, 2.05) is 52.0 Å². The van der Waals surface area contributed by atoms with Gasteiger partial charge >= 0.3 is 5.97 Å². The Hall–Kier alpha value is -2.41. The molecule has 3 N–H and O–H groups in total. The molecule has 1 amide bonds. The summed E-state index contributed by atoms with van der Waals surface area (Å²) in [5.41, 5.74) is 2.98. The zero-order valence-electron chi connectivity index (χ0n) is 20.6. The average Bonchev–Trinajstić information content (AvgIpc) is 2.76. The van der Waals surface area contributed by atoms with Gasteiger partial charge in [0, 0.05) is 29.4 Å². The number of hydrogen-bond donors (Lipinski definition) is 3. The van der Waals surface area contributed by atoms with Crippen molar-refractivity contribution in [2.75, 3.05) is 5.32 Å². The lowest BCUT2D eigenvalue weighted by atomic mass is 9.90. The molecule has 3 rings (SSSR count). The van der Waals surface area contributed by atoms with Gasteiger partial charge in [0.05, 0.1) is 11.8 Å². The number of aliphatic hydroxyl groups is 1. The van der Waals surface area contributed by atoms with Crippen molar-refractivity contribution < 1.29 is 19.4 Å². The van der Waals surface area contributed by atoms with Crippen LogP contribution in [0.25, 0.3) is 0 Å². The number of ether oxygens (including phenoxy) is 1. The van der Waals surface area contributed by atoms with Gasteiger partial charge in [0.15, 0.2) is 5.75 Å². The first-order valence-corrected chi connectivity index (χ1v) is 12.2. The molecule has 2 aromatic carbocycles. The van der Waals surface area contributed by atoms with Crippen LogP contribution in [0.15, 0.2) is 36.4 Å². The molecule has 1 heterocycles. The van der Waals surface area contributed by atoms with Crippen molar-refractivity contribution in [3.8, 4) is 5.75 Å². The Balaban J connectivity index is 1.73. The number of rotatable bonds is 8. The second-order valence-electron chi connectivity index (χ2n) is 10.1. The van der Waals surface area contributed by atoms with Gasteiger partial charge in [0.1, 0.15) is 0 Å². The largest absolute Gasteiger partial charge is 0.424 e. The smallest absolute Gasteiger partial charge is 0.311 e. The van der Waals surface area contributed by atoms with Crippen molar-refractivity contribution in [2.24, 2.45) is 0 Å². The van der Waals surface area contributed by atoms with Crippen molar-refractivity contribution in [1.82, 2.24) is 5.32 Å². The van der Waals surface area contributed by atoms with Crippen LogP contribution in [0.5, 0.6) is 5.75 Å². The highest BCUT2D eigenvalue weighted by Gasteiger charge is 2.29. The van der Waals surface area contributed by atoms with E-state index in [4.69, 9.17) is 16.3 Å². The first-order chi connectivity index (χ1) is 15.9. The highest BCUT2D eigenvalue weighted by Crippen LogP contribution is 2.38. The fraction of sp³-hybridized carbons (Fsp3) is 0.481. The summed E-state index contributed by atoms with van der Waals surface area (Å²) < 4.78 is 5.67. The van der Waals surface area contributed by atoms with Gasteiger partial charge in [0.2, 0.25) is 5.91 Å². The van der Waals surface area contributed by atoms with E-state index in [0.717, 1.165) is 16.7 Å². The minimum absolute atomic E-state index is 0.131. The van der Waals surface area contributed by atoms with Crippen molar-refractivity contribution in [1.29, 1.82) is 0 Å². The van der Waals surface area contributed by atoms with Crippen LogP contribution in [0.2, 0.25) is 5.02 Å². The molecule has 7 heteroatoms. The molecule has 3 atom stereocenters. The normalized spacial score (nSPS) is 16.3. The van der Waals surface area contributed by atoms with Crippen LogP contribution in [0.4, 0.5) is 5.69 Å². The molecule has 34 heavy (non-hydrogen) atoms. The number of carbonyl (C=O) groups is 2. The topological polar surface area (TPSA) is 87.7 Å². The predicted molar refractivity (Wildman–Crippen MR) is 135 cm³/mol. The van der Waals surface area contributed by atoms with E-state index in [1.165, 1.54) is 0 Å². The number of anilines is 1. The maximum Gasteiger partial charge on any atom is 0.311 e. The summed E-state index contributed by atoms with van der Waals surface area (Å²) in [6.45, 7) is 10.1. The monoisotopic (exact) mass is 486 g/mol. The molecule has 1 aliphatic heterocycles. The minimum Gasteiger partial charge on any atom is -0.424 e. The molecule has 0 aromatic heterocycles. The van der Waals surface area contributed by atoms with Gasteiger partial charge in [-0.05, 0) is 81.3 Å². The van der Waals surface area contributed by atoms with Gasteiger partial charge in [-0.15, -0.1) is 0 Å². The van der Waals surface area contributed by atoms with E-state index < -0.39 is 6.10 Å². The van der Waals surface area contributed by atoms with Gasteiger partial charge in [-0.25, -0.2) is 0 Å². The van der Waals surface area contributed by atoms with Crippen LogP contribution in [0.3, 0.4) is 0 Å². The Morgan fingerprint density at radius 1 is 1.15 bits per heavy atom. The van der Waals surface area contributed by atoms with Crippen molar-refractivity contribution in [3.05, 3.63) is 58.1 Å². The molecule has 2 aromatic rings. The lowest BCUT2D eigenvalue weighted by Gasteiger charge is -2.31. The number of amides is 1. The third-order valence-electron chi connectivity index (χ3n) is 6.07. The summed E-state index contributed by atoms with van der Waals surface area (Å²) in [4.78, 5) is 24.8.